The van der Waals surface area contributed by atoms with Crippen molar-refractivity contribution in [3.05, 3.63) is 35.5 Å². The van der Waals surface area contributed by atoms with Crippen LogP contribution in [0.1, 0.15) is 35.5 Å². The van der Waals surface area contributed by atoms with Crippen LogP contribution in [0.4, 0.5) is 0 Å². The largest absolute Gasteiger partial charge is 0.477 e. The van der Waals surface area contributed by atoms with Crippen molar-refractivity contribution in [2.24, 2.45) is 0 Å². The van der Waals surface area contributed by atoms with Crippen molar-refractivity contribution >= 4 is 22.8 Å². The van der Waals surface area contributed by atoms with Crippen LogP contribution in [-0.2, 0) is 4.79 Å². The number of hydrogen-bond acceptors (Lipinski definition) is 4. The van der Waals surface area contributed by atoms with E-state index in [-0.39, 0.29) is 30.1 Å². The van der Waals surface area contributed by atoms with Gasteiger partial charge in [0.1, 0.15) is 11.8 Å². The number of aromatic nitrogens is 1. The van der Waals surface area contributed by atoms with Crippen LogP contribution in [0.25, 0.3) is 10.9 Å². The molecule has 0 aliphatic rings. The number of rotatable bonds is 6. The van der Waals surface area contributed by atoms with Crippen LogP contribution in [-0.4, -0.2) is 44.8 Å². The van der Waals surface area contributed by atoms with E-state index < -0.39 is 18.2 Å². The molecule has 0 aliphatic carbocycles. The Morgan fingerprint density at radius 2 is 1.95 bits per heavy atom. The van der Waals surface area contributed by atoms with Crippen LogP contribution in [0.15, 0.2) is 24.3 Å². The Kier molecular flexibility index (Phi) is 4.79. The number of amides is 1. The van der Waals surface area contributed by atoms with Gasteiger partial charge in [-0.3, -0.25) is 4.79 Å². The summed E-state index contributed by atoms with van der Waals surface area (Å²) < 4.78 is 0. The van der Waals surface area contributed by atoms with E-state index in [1.54, 1.807) is 24.3 Å². The first kappa shape index (κ1) is 16.0. The molecular weight excluding hydrogens is 288 g/mol. The Morgan fingerprint density at radius 3 is 2.59 bits per heavy atom. The van der Waals surface area contributed by atoms with Gasteiger partial charge in [-0.15, -0.1) is 0 Å². The number of carbonyl (C=O) groups excluding carboxylic acids is 1. The van der Waals surface area contributed by atoms with Crippen LogP contribution in [0.5, 0.6) is 0 Å². The van der Waals surface area contributed by atoms with E-state index in [4.69, 9.17) is 0 Å². The summed E-state index contributed by atoms with van der Waals surface area (Å²) in [7, 11) is 0. The molecule has 7 heteroatoms. The Hall–Kier alpha value is -2.38. The molecule has 0 bridgehead atoms. The fourth-order valence-electron chi connectivity index (χ4n) is 2.39. The number of aromatic amines is 1. The first-order valence-corrected chi connectivity index (χ1v) is 6.86. The first-order chi connectivity index (χ1) is 10.4. The molecule has 1 aromatic heterocycles. The summed E-state index contributed by atoms with van der Waals surface area (Å²) in [5.41, 5.74) is 0.578. The Balaban J connectivity index is 2.29. The summed E-state index contributed by atoms with van der Waals surface area (Å²) in [5.74, 6) is -1.45. The summed E-state index contributed by atoms with van der Waals surface area (Å²) in [4.78, 5) is 24.9. The zero-order valence-corrected chi connectivity index (χ0v) is 12.0. The number of para-hydroxylation sites is 1. The minimum Gasteiger partial charge on any atom is -0.477 e. The molecule has 0 saturated carbocycles. The van der Waals surface area contributed by atoms with Crippen molar-refractivity contribution in [1.29, 1.82) is 0 Å². The van der Waals surface area contributed by atoms with E-state index in [0.29, 0.717) is 10.9 Å². The Labute approximate surface area is 126 Å². The predicted octanol–water partition coefficient (Wildman–Crippen LogP) is 0.787. The fraction of sp³-hybridized carbons (Fsp3) is 0.333. The lowest BCUT2D eigenvalue weighted by atomic mass is 9.98. The highest BCUT2D eigenvalue weighted by atomic mass is 16.4. The minimum atomic E-state index is -1.36. The average Bonchev–Trinajstić information content (AvgIpc) is 2.85. The molecule has 5 N–H and O–H groups in total. The molecule has 1 heterocycles. The Morgan fingerprint density at radius 1 is 1.27 bits per heavy atom. The van der Waals surface area contributed by atoms with E-state index in [1.165, 1.54) is 6.92 Å². The molecule has 0 saturated heterocycles. The van der Waals surface area contributed by atoms with Gasteiger partial charge >= 0.3 is 5.97 Å². The maximum Gasteiger partial charge on any atom is 0.352 e. The van der Waals surface area contributed by atoms with E-state index in [2.05, 4.69) is 10.3 Å². The van der Waals surface area contributed by atoms with Crippen LogP contribution < -0.4 is 5.32 Å². The van der Waals surface area contributed by atoms with Crippen molar-refractivity contribution in [3.63, 3.8) is 0 Å². The molecule has 0 aliphatic heterocycles. The molecule has 0 spiro atoms. The summed E-state index contributed by atoms with van der Waals surface area (Å²) >= 11 is 0. The topological polar surface area (TPSA) is 123 Å². The van der Waals surface area contributed by atoms with Gasteiger partial charge in [-0.1, -0.05) is 18.2 Å². The molecule has 2 rings (SSSR count). The molecule has 2 unspecified atom stereocenters. The van der Waals surface area contributed by atoms with E-state index in [1.807, 2.05) is 0 Å². The number of H-pyrrole nitrogens is 1. The summed E-state index contributed by atoms with van der Waals surface area (Å²) in [5, 5.41) is 32.7. The number of hydrogen-bond donors (Lipinski definition) is 5. The number of aliphatic hydroxyl groups excluding tert-OH is 2. The molecule has 2 atom stereocenters. The molecule has 1 aromatic carbocycles. The highest BCUT2D eigenvalue weighted by Crippen LogP contribution is 2.30. The van der Waals surface area contributed by atoms with Gasteiger partial charge in [0.15, 0.2) is 0 Å². The van der Waals surface area contributed by atoms with Gasteiger partial charge in [0, 0.05) is 29.9 Å². The number of aromatic carboxylic acids is 1. The molecule has 22 heavy (non-hydrogen) atoms. The maximum absolute atomic E-state index is 11.3. The lowest BCUT2D eigenvalue weighted by Crippen LogP contribution is -2.28. The number of carboxylic acids is 1. The van der Waals surface area contributed by atoms with Crippen molar-refractivity contribution in [1.82, 2.24) is 10.3 Å². The fourth-order valence-corrected chi connectivity index (χ4v) is 2.39. The third-order valence-electron chi connectivity index (χ3n) is 3.43. The molecule has 118 valence electrons. The third-order valence-corrected chi connectivity index (χ3v) is 3.43. The van der Waals surface area contributed by atoms with Crippen LogP contribution >= 0.6 is 0 Å². The van der Waals surface area contributed by atoms with Crippen molar-refractivity contribution in [2.75, 3.05) is 6.54 Å². The van der Waals surface area contributed by atoms with Gasteiger partial charge < -0.3 is 25.6 Å². The second-order valence-electron chi connectivity index (χ2n) is 5.05. The second-order valence-corrected chi connectivity index (χ2v) is 5.05. The van der Waals surface area contributed by atoms with Gasteiger partial charge in [0.2, 0.25) is 5.91 Å². The van der Waals surface area contributed by atoms with Crippen molar-refractivity contribution in [2.45, 2.75) is 25.6 Å². The van der Waals surface area contributed by atoms with E-state index in [9.17, 15) is 24.9 Å². The van der Waals surface area contributed by atoms with Gasteiger partial charge in [0.05, 0.1) is 6.10 Å². The van der Waals surface area contributed by atoms with Gasteiger partial charge in [-0.2, -0.15) is 0 Å². The van der Waals surface area contributed by atoms with Crippen LogP contribution in [0.2, 0.25) is 0 Å². The predicted molar refractivity (Wildman–Crippen MR) is 79.5 cm³/mol. The number of carboxylic acid groups (broad SMARTS) is 1. The lowest BCUT2D eigenvalue weighted by molar-refractivity contribution is -0.119. The Bertz CT molecular complexity index is 694. The monoisotopic (exact) mass is 306 g/mol. The minimum absolute atomic E-state index is 0.110. The highest BCUT2D eigenvalue weighted by molar-refractivity contribution is 5.97. The second kappa shape index (κ2) is 6.59. The molecular formula is C15H18N2O5. The van der Waals surface area contributed by atoms with Crippen molar-refractivity contribution in [3.8, 4) is 0 Å². The smallest absolute Gasteiger partial charge is 0.352 e. The normalized spacial score (nSPS) is 13.8. The standard InChI is InChI=1S/C15H18N2O5/c1-8(18)16-7-6-11(19)14(20)12-9-4-2-3-5-10(9)17-13(12)15(21)22/h2-5,11,14,17,19-20H,6-7H2,1H3,(H,16,18)(H,21,22). The summed E-state index contributed by atoms with van der Waals surface area (Å²) in [6.45, 7) is 1.54. The summed E-state index contributed by atoms with van der Waals surface area (Å²) in [6, 6.07) is 6.84. The van der Waals surface area contributed by atoms with E-state index >= 15 is 0 Å². The summed E-state index contributed by atoms with van der Waals surface area (Å²) in [6.07, 6.45) is -2.44. The lowest BCUT2D eigenvalue weighted by Gasteiger charge is -2.18. The highest BCUT2D eigenvalue weighted by Gasteiger charge is 2.27. The first-order valence-electron chi connectivity index (χ1n) is 6.86. The molecule has 0 radical (unpaired) electrons. The molecule has 1 amide bonds. The number of benzene rings is 1. The van der Waals surface area contributed by atoms with Gasteiger partial charge in [0.25, 0.3) is 0 Å². The molecule has 0 fully saturated rings. The van der Waals surface area contributed by atoms with E-state index in [0.717, 1.165) is 0 Å². The molecule has 7 nitrogen and oxygen atoms in total. The zero-order chi connectivity index (χ0) is 16.3. The number of fused-ring (bicyclic) bond motifs is 1. The number of aliphatic hydroxyl groups is 2. The number of nitrogens with one attached hydrogen (secondary N) is 2. The van der Waals surface area contributed by atoms with Crippen LogP contribution in [0.3, 0.4) is 0 Å². The molecule has 2 aromatic rings. The quantitative estimate of drug-likeness (QED) is 0.540. The van der Waals surface area contributed by atoms with Gasteiger partial charge in [-0.05, 0) is 12.5 Å². The SMILES string of the molecule is CC(=O)NCCC(O)C(O)c1c(C(=O)O)[nH]c2ccccc12. The third kappa shape index (κ3) is 3.26. The number of carbonyl (C=O) groups is 2. The zero-order valence-electron chi connectivity index (χ0n) is 12.0. The van der Waals surface area contributed by atoms with Gasteiger partial charge in [-0.25, -0.2) is 4.79 Å². The van der Waals surface area contributed by atoms with Crippen molar-refractivity contribution < 1.29 is 24.9 Å². The maximum atomic E-state index is 11.3. The van der Waals surface area contributed by atoms with Crippen LogP contribution in [0, 0.1) is 0 Å². The average molecular weight is 306 g/mol.